The average Bonchev–Trinajstić information content (AvgIpc) is 3.27. The molecule has 1 heterocycles. The number of pyridine rings is 1. The zero-order valence-electron chi connectivity index (χ0n) is 10.9. The molecule has 102 valence electrons. The first-order valence-electron chi connectivity index (χ1n) is 6.41. The molecule has 0 aliphatic heterocycles. The zero-order chi connectivity index (χ0) is 13.7. The molecular formula is C13H18N4O2. The molecule has 2 amide bonds. The van der Waals surface area contributed by atoms with E-state index in [2.05, 4.69) is 20.9 Å². The highest BCUT2D eigenvalue weighted by atomic mass is 16.2. The molecule has 6 heteroatoms. The summed E-state index contributed by atoms with van der Waals surface area (Å²) in [6, 6.07) is 5.20. The summed E-state index contributed by atoms with van der Waals surface area (Å²) in [6.07, 6.45) is 1.97. The van der Waals surface area contributed by atoms with E-state index in [-0.39, 0.29) is 17.7 Å². The van der Waals surface area contributed by atoms with Crippen molar-refractivity contribution in [1.82, 2.24) is 15.6 Å². The van der Waals surface area contributed by atoms with Crippen LogP contribution in [0.3, 0.4) is 0 Å². The highest BCUT2D eigenvalue weighted by Crippen LogP contribution is 2.28. The second-order valence-electron chi connectivity index (χ2n) is 4.48. The lowest BCUT2D eigenvalue weighted by molar-refractivity contribution is -0.122. The molecule has 2 rings (SSSR count). The second kappa shape index (κ2) is 6.17. The first kappa shape index (κ1) is 13.3. The van der Waals surface area contributed by atoms with Crippen LogP contribution >= 0.6 is 0 Å². The molecular weight excluding hydrogens is 244 g/mol. The predicted octanol–water partition coefficient (Wildman–Crippen LogP) is 0.379. The van der Waals surface area contributed by atoms with Crippen molar-refractivity contribution in [3.8, 4) is 0 Å². The van der Waals surface area contributed by atoms with Crippen LogP contribution in [-0.4, -0.2) is 36.9 Å². The summed E-state index contributed by atoms with van der Waals surface area (Å²) in [7, 11) is 1.75. The van der Waals surface area contributed by atoms with Crippen LogP contribution in [0, 0.1) is 5.92 Å². The van der Waals surface area contributed by atoms with Crippen LogP contribution in [0.5, 0.6) is 0 Å². The average molecular weight is 262 g/mol. The summed E-state index contributed by atoms with van der Waals surface area (Å²) < 4.78 is 0. The Kier molecular flexibility index (Phi) is 4.33. The molecule has 1 aliphatic rings. The Balaban J connectivity index is 1.72. The Morgan fingerprint density at radius 3 is 2.68 bits per heavy atom. The van der Waals surface area contributed by atoms with Gasteiger partial charge in [0.15, 0.2) is 0 Å². The van der Waals surface area contributed by atoms with E-state index in [1.165, 1.54) is 0 Å². The van der Waals surface area contributed by atoms with Crippen LogP contribution in [-0.2, 0) is 4.79 Å². The van der Waals surface area contributed by atoms with E-state index in [0.717, 1.165) is 12.8 Å². The van der Waals surface area contributed by atoms with Crippen LogP contribution < -0.4 is 16.0 Å². The fraction of sp³-hybridized carbons (Fsp3) is 0.462. The van der Waals surface area contributed by atoms with Gasteiger partial charge in [-0.3, -0.25) is 9.59 Å². The minimum Gasteiger partial charge on any atom is -0.373 e. The molecule has 0 unspecified atom stereocenters. The quantitative estimate of drug-likeness (QED) is 0.647. The van der Waals surface area contributed by atoms with E-state index in [0.29, 0.717) is 24.6 Å². The van der Waals surface area contributed by atoms with Crippen LogP contribution in [0.15, 0.2) is 18.2 Å². The maximum Gasteiger partial charge on any atom is 0.270 e. The minimum atomic E-state index is -0.238. The number of hydrogen-bond donors (Lipinski definition) is 3. The molecule has 6 nitrogen and oxygen atoms in total. The van der Waals surface area contributed by atoms with Crippen molar-refractivity contribution in [1.29, 1.82) is 0 Å². The third-order valence-corrected chi connectivity index (χ3v) is 2.90. The largest absolute Gasteiger partial charge is 0.373 e. The van der Waals surface area contributed by atoms with Crippen molar-refractivity contribution in [2.24, 2.45) is 5.92 Å². The second-order valence-corrected chi connectivity index (χ2v) is 4.48. The van der Waals surface area contributed by atoms with E-state index >= 15 is 0 Å². The van der Waals surface area contributed by atoms with E-state index in [1.807, 2.05) is 0 Å². The third kappa shape index (κ3) is 3.94. The van der Waals surface area contributed by atoms with Crippen LogP contribution in [0.25, 0.3) is 0 Å². The summed E-state index contributed by atoms with van der Waals surface area (Å²) in [6.45, 7) is 0.857. The number of aromatic nitrogens is 1. The van der Waals surface area contributed by atoms with Gasteiger partial charge in [-0.2, -0.15) is 0 Å². The van der Waals surface area contributed by atoms with Crippen LogP contribution in [0.4, 0.5) is 5.82 Å². The third-order valence-electron chi connectivity index (χ3n) is 2.90. The van der Waals surface area contributed by atoms with Gasteiger partial charge in [0.2, 0.25) is 5.91 Å². The summed E-state index contributed by atoms with van der Waals surface area (Å²) in [5.74, 6) is 0.696. The minimum absolute atomic E-state index is 0.0876. The van der Waals surface area contributed by atoms with Gasteiger partial charge in [0.25, 0.3) is 5.91 Å². The molecule has 1 saturated carbocycles. The normalized spacial score (nSPS) is 13.7. The van der Waals surface area contributed by atoms with Gasteiger partial charge in [0.05, 0.1) is 0 Å². The van der Waals surface area contributed by atoms with Crippen molar-refractivity contribution in [3.63, 3.8) is 0 Å². The maximum atomic E-state index is 11.8. The first-order valence-corrected chi connectivity index (χ1v) is 6.41. The lowest BCUT2D eigenvalue weighted by Crippen LogP contribution is -2.35. The molecule has 1 fully saturated rings. The van der Waals surface area contributed by atoms with Crippen molar-refractivity contribution in [2.45, 2.75) is 12.8 Å². The molecule has 0 bridgehead atoms. The zero-order valence-corrected chi connectivity index (χ0v) is 10.9. The van der Waals surface area contributed by atoms with Gasteiger partial charge >= 0.3 is 0 Å². The lowest BCUT2D eigenvalue weighted by atomic mass is 10.3. The Hall–Kier alpha value is -2.11. The summed E-state index contributed by atoms with van der Waals surface area (Å²) in [4.78, 5) is 27.3. The number of amides is 2. The number of carbonyl (C=O) groups excluding carboxylic acids is 2. The number of nitrogens with one attached hydrogen (secondary N) is 3. The molecule has 0 atom stereocenters. The van der Waals surface area contributed by atoms with Gasteiger partial charge in [-0.15, -0.1) is 0 Å². The predicted molar refractivity (Wildman–Crippen MR) is 71.9 cm³/mol. The SMILES string of the molecule is CNc1cccc(C(=O)NCCNC(=O)C2CC2)n1. The molecule has 0 aromatic carbocycles. The van der Waals surface area contributed by atoms with Crippen molar-refractivity contribution < 1.29 is 9.59 Å². The highest BCUT2D eigenvalue weighted by Gasteiger charge is 2.28. The monoisotopic (exact) mass is 262 g/mol. The van der Waals surface area contributed by atoms with E-state index in [9.17, 15) is 9.59 Å². The maximum absolute atomic E-state index is 11.8. The topological polar surface area (TPSA) is 83.1 Å². The van der Waals surface area contributed by atoms with E-state index in [4.69, 9.17) is 0 Å². The summed E-state index contributed by atoms with van der Waals surface area (Å²) in [5.41, 5.74) is 0.361. The molecule has 3 N–H and O–H groups in total. The fourth-order valence-corrected chi connectivity index (χ4v) is 1.64. The molecule has 1 aromatic heterocycles. The summed E-state index contributed by atoms with van der Waals surface area (Å²) >= 11 is 0. The number of carbonyl (C=O) groups is 2. The first-order chi connectivity index (χ1) is 9.20. The Labute approximate surface area is 112 Å². The Bertz CT molecular complexity index is 471. The standard InChI is InChI=1S/C13H18N4O2/c1-14-11-4-2-3-10(17-11)13(19)16-8-7-15-12(18)9-5-6-9/h2-4,9H,5-8H2,1H3,(H,14,17)(H,15,18)(H,16,19). The van der Waals surface area contributed by atoms with Gasteiger partial charge in [-0.1, -0.05) is 6.07 Å². The lowest BCUT2D eigenvalue weighted by Gasteiger charge is -2.07. The van der Waals surface area contributed by atoms with Gasteiger partial charge in [-0.25, -0.2) is 4.98 Å². The van der Waals surface area contributed by atoms with Gasteiger partial charge < -0.3 is 16.0 Å². The molecule has 0 spiro atoms. The summed E-state index contributed by atoms with van der Waals surface area (Å²) in [5, 5.41) is 8.38. The Morgan fingerprint density at radius 1 is 1.26 bits per heavy atom. The van der Waals surface area contributed by atoms with Crippen molar-refractivity contribution >= 4 is 17.6 Å². The number of nitrogens with zero attached hydrogens (tertiary/aromatic N) is 1. The van der Waals surface area contributed by atoms with Gasteiger partial charge in [-0.05, 0) is 25.0 Å². The molecule has 0 radical (unpaired) electrons. The van der Waals surface area contributed by atoms with E-state index in [1.54, 1.807) is 25.2 Å². The van der Waals surface area contributed by atoms with Gasteiger partial charge in [0.1, 0.15) is 11.5 Å². The molecule has 1 aliphatic carbocycles. The van der Waals surface area contributed by atoms with Crippen molar-refractivity contribution in [3.05, 3.63) is 23.9 Å². The van der Waals surface area contributed by atoms with Gasteiger partial charge in [0, 0.05) is 26.1 Å². The van der Waals surface area contributed by atoms with Crippen LogP contribution in [0.1, 0.15) is 23.3 Å². The molecule has 0 saturated heterocycles. The van der Waals surface area contributed by atoms with Crippen molar-refractivity contribution in [2.75, 3.05) is 25.5 Å². The van der Waals surface area contributed by atoms with E-state index < -0.39 is 0 Å². The molecule has 1 aromatic rings. The highest BCUT2D eigenvalue weighted by molar-refractivity contribution is 5.92. The number of anilines is 1. The molecule has 19 heavy (non-hydrogen) atoms. The number of rotatable bonds is 6. The Morgan fingerprint density at radius 2 is 2.00 bits per heavy atom. The smallest absolute Gasteiger partial charge is 0.270 e. The fourth-order valence-electron chi connectivity index (χ4n) is 1.64. The number of hydrogen-bond acceptors (Lipinski definition) is 4. The van der Waals surface area contributed by atoms with Crippen LogP contribution in [0.2, 0.25) is 0 Å².